The summed E-state index contributed by atoms with van der Waals surface area (Å²) < 4.78 is 61.4. The second kappa shape index (κ2) is 6.12. The van der Waals surface area contributed by atoms with Crippen LogP contribution in [0, 0.1) is 5.82 Å². The lowest BCUT2D eigenvalue weighted by molar-refractivity contribution is -0.137. The highest BCUT2D eigenvalue weighted by molar-refractivity contribution is 6.06. The van der Waals surface area contributed by atoms with Crippen LogP contribution in [0.1, 0.15) is 21.5 Å². The number of fused-ring (bicyclic) bond motifs is 1. The molecule has 126 valence electrons. The molecular formula is C16H11F4NO3. The van der Waals surface area contributed by atoms with E-state index >= 15 is 0 Å². The van der Waals surface area contributed by atoms with Crippen molar-refractivity contribution in [3.63, 3.8) is 0 Å². The molecule has 24 heavy (non-hydrogen) atoms. The Hall–Kier alpha value is -2.61. The maximum absolute atomic E-state index is 13.6. The molecule has 8 heteroatoms. The van der Waals surface area contributed by atoms with Crippen molar-refractivity contribution < 1.29 is 31.8 Å². The zero-order chi connectivity index (χ0) is 17.3. The quantitative estimate of drug-likeness (QED) is 0.841. The highest BCUT2D eigenvalue weighted by Gasteiger charge is 2.30. The van der Waals surface area contributed by atoms with E-state index in [9.17, 15) is 22.4 Å². The predicted molar refractivity (Wildman–Crippen MR) is 76.1 cm³/mol. The standard InChI is InChI=1S/C16H11F4NO3/c17-11-5-9-7-23-8-24-14(9)13(6-11)15(22)21-12-3-1-10(2-4-12)16(18,19)20/h1-6H,7-8H2,(H,21,22). The molecule has 0 radical (unpaired) electrons. The zero-order valence-electron chi connectivity index (χ0n) is 12.1. The lowest BCUT2D eigenvalue weighted by Crippen LogP contribution is -2.19. The lowest BCUT2D eigenvalue weighted by atomic mass is 10.1. The van der Waals surface area contributed by atoms with E-state index in [2.05, 4.69) is 5.32 Å². The number of carbonyl (C=O) groups is 1. The van der Waals surface area contributed by atoms with E-state index in [0.29, 0.717) is 5.56 Å². The Balaban J connectivity index is 1.84. The molecule has 2 aromatic rings. The first kappa shape index (κ1) is 16.3. The van der Waals surface area contributed by atoms with E-state index < -0.39 is 23.5 Å². The molecule has 1 amide bonds. The van der Waals surface area contributed by atoms with Crippen molar-refractivity contribution in [3.05, 3.63) is 58.9 Å². The Morgan fingerprint density at radius 3 is 2.50 bits per heavy atom. The van der Waals surface area contributed by atoms with Crippen LogP contribution in [-0.4, -0.2) is 12.7 Å². The van der Waals surface area contributed by atoms with Gasteiger partial charge in [-0.15, -0.1) is 0 Å². The highest BCUT2D eigenvalue weighted by atomic mass is 19.4. The van der Waals surface area contributed by atoms with Crippen molar-refractivity contribution in [2.45, 2.75) is 12.8 Å². The molecule has 3 rings (SSSR count). The van der Waals surface area contributed by atoms with Crippen LogP contribution in [0.5, 0.6) is 5.75 Å². The van der Waals surface area contributed by atoms with E-state index in [-0.39, 0.29) is 30.4 Å². The van der Waals surface area contributed by atoms with Gasteiger partial charge in [-0.1, -0.05) is 0 Å². The first-order valence-electron chi connectivity index (χ1n) is 6.86. The maximum Gasteiger partial charge on any atom is 0.416 e. The summed E-state index contributed by atoms with van der Waals surface area (Å²) in [6, 6.07) is 6.14. The van der Waals surface area contributed by atoms with Gasteiger partial charge in [0, 0.05) is 11.3 Å². The molecule has 0 spiro atoms. The molecule has 0 saturated carbocycles. The van der Waals surface area contributed by atoms with Crippen molar-refractivity contribution in [3.8, 4) is 5.75 Å². The van der Waals surface area contributed by atoms with Gasteiger partial charge in [-0.05, 0) is 36.4 Å². The van der Waals surface area contributed by atoms with Crippen LogP contribution >= 0.6 is 0 Å². The fourth-order valence-corrected chi connectivity index (χ4v) is 2.29. The number of ether oxygens (including phenoxy) is 2. The summed E-state index contributed by atoms with van der Waals surface area (Å²) >= 11 is 0. The number of alkyl halides is 3. The first-order chi connectivity index (χ1) is 11.3. The monoisotopic (exact) mass is 341 g/mol. The van der Waals surface area contributed by atoms with Gasteiger partial charge in [0.05, 0.1) is 17.7 Å². The zero-order valence-corrected chi connectivity index (χ0v) is 12.1. The van der Waals surface area contributed by atoms with Gasteiger partial charge in [-0.25, -0.2) is 4.39 Å². The first-order valence-corrected chi connectivity index (χ1v) is 6.86. The summed E-state index contributed by atoms with van der Waals surface area (Å²) in [4.78, 5) is 12.3. The molecular weight excluding hydrogens is 330 g/mol. The van der Waals surface area contributed by atoms with Crippen LogP contribution in [-0.2, 0) is 17.5 Å². The fraction of sp³-hybridized carbons (Fsp3) is 0.188. The minimum Gasteiger partial charge on any atom is -0.466 e. The molecule has 1 aliphatic rings. The number of amides is 1. The number of anilines is 1. The van der Waals surface area contributed by atoms with Crippen molar-refractivity contribution in [1.29, 1.82) is 0 Å². The molecule has 1 heterocycles. The Labute approximate surface area is 134 Å². The molecule has 2 aromatic carbocycles. The molecule has 0 aromatic heterocycles. The van der Waals surface area contributed by atoms with Crippen LogP contribution < -0.4 is 10.1 Å². The Kier molecular flexibility index (Phi) is 4.15. The summed E-state index contributed by atoms with van der Waals surface area (Å²) in [5.41, 5.74) is -0.339. The normalized spacial score (nSPS) is 13.8. The molecule has 1 N–H and O–H groups in total. The van der Waals surface area contributed by atoms with Gasteiger partial charge in [0.15, 0.2) is 6.79 Å². The van der Waals surface area contributed by atoms with Crippen LogP contribution in [0.2, 0.25) is 0 Å². The second-order valence-electron chi connectivity index (χ2n) is 5.08. The van der Waals surface area contributed by atoms with Crippen LogP contribution in [0.4, 0.5) is 23.2 Å². The van der Waals surface area contributed by atoms with E-state index in [0.717, 1.165) is 30.3 Å². The molecule has 4 nitrogen and oxygen atoms in total. The summed E-state index contributed by atoms with van der Waals surface area (Å²) in [5, 5.41) is 2.42. The molecule has 1 aliphatic heterocycles. The fourth-order valence-electron chi connectivity index (χ4n) is 2.29. The summed E-state index contributed by atoms with van der Waals surface area (Å²) in [5.74, 6) is -1.13. The smallest absolute Gasteiger partial charge is 0.416 e. The van der Waals surface area contributed by atoms with Crippen LogP contribution in [0.3, 0.4) is 0 Å². The predicted octanol–water partition coefficient (Wildman–Crippen LogP) is 3.96. The van der Waals surface area contributed by atoms with E-state index in [1.807, 2.05) is 0 Å². The van der Waals surface area contributed by atoms with Gasteiger partial charge in [-0.3, -0.25) is 4.79 Å². The third-order valence-electron chi connectivity index (χ3n) is 3.39. The molecule has 0 unspecified atom stereocenters. The SMILES string of the molecule is O=C(Nc1ccc(C(F)(F)F)cc1)c1cc(F)cc2c1OCOC2. The number of hydrogen-bond acceptors (Lipinski definition) is 3. The number of benzene rings is 2. The molecule has 0 aliphatic carbocycles. The summed E-state index contributed by atoms with van der Waals surface area (Å²) in [6.07, 6.45) is -4.46. The Morgan fingerprint density at radius 1 is 1.12 bits per heavy atom. The Morgan fingerprint density at radius 2 is 1.83 bits per heavy atom. The largest absolute Gasteiger partial charge is 0.466 e. The van der Waals surface area contributed by atoms with Crippen molar-refractivity contribution >= 4 is 11.6 Å². The molecule has 0 saturated heterocycles. The van der Waals surface area contributed by atoms with Crippen molar-refractivity contribution in [2.24, 2.45) is 0 Å². The van der Waals surface area contributed by atoms with Gasteiger partial charge >= 0.3 is 6.18 Å². The van der Waals surface area contributed by atoms with Gasteiger partial charge in [0.1, 0.15) is 11.6 Å². The average molecular weight is 341 g/mol. The lowest BCUT2D eigenvalue weighted by Gasteiger charge is -2.20. The summed E-state index contributed by atoms with van der Waals surface area (Å²) in [6.45, 7) is 0.0346. The number of rotatable bonds is 2. The van der Waals surface area contributed by atoms with Crippen LogP contribution in [0.15, 0.2) is 36.4 Å². The van der Waals surface area contributed by atoms with Gasteiger partial charge in [0.2, 0.25) is 0 Å². The van der Waals surface area contributed by atoms with Gasteiger partial charge < -0.3 is 14.8 Å². The van der Waals surface area contributed by atoms with E-state index in [1.54, 1.807) is 0 Å². The number of nitrogens with one attached hydrogen (secondary N) is 1. The minimum absolute atomic E-state index is 0.0480. The van der Waals surface area contributed by atoms with Crippen molar-refractivity contribution in [2.75, 3.05) is 12.1 Å². The maximum atomic E-state index is 13.6. The number of carbonyl (C=O) groups excluding carboxylic acids is 1. The number of halogens is 4. The highest BCUT2D eigenvalue weighted by Crippen LogP contribution is 2.31. The molecule has 0 atom stereocenters. The van der Waals surface area contributed by atoms with Crippen LogP contribution in [0.25, 0.3) is 0 Å². The third-order valence-corrected chi connectivity index (χ3v) is 3.39. The van der Waals surface area contributed by atoms with Gasteiger partial charge in [0.25, 0.3) is 5.91 Å². The number of hydrogen-bond donors (Lipinski definition) is 1. The Bertz CT molecular complexity index is 772. The van der Waals surface area contributed by atoms with Gasteiger partial charge in [-0.2, -0.15) is 13.2 Å². The topological polar surface area (TPSA) is 47.6 Å². The second-order valence-corrected chi connectivity index (χ2v) is 5.08. The van der Waals surface area contributed by atoms with Crippen molar-refractivity contribution in [1.82, 2.24) is 0 Å². The minimum atomic E-state index is -4.46. The molecule has 0 fully saturated rings. The third kappa shape index (κ3) is 3.33. The summed E-state index contributed by atoms with van der Waals surface area (Å²) in [7, 11) is 0. The average Bonchev–Trinajstić information content (AvgIpc) is 2.53. The van der Waals surface area contributed by atoms with E-state index in [1.165, 1.54) is 6.07 Å². The molecule has 0 bridgehead atoms. The van der Waals surface area contributed by atoms with E-state index in [4.69, 9.17) is 9.47 Å².